The van der Waals surface area contributed by atoms with Crippen LogP contribution in [0.3, 0.4) is 0 Å². The lowest BCUT2D eigenvalue weighted by Crippen LogP contribution is -2.31. The van der Waals surface area contributed by atoms with Crippen LogP contribution in [0, 0.1) is 5.92 Å². The zero-order valence-electron chi connectivity index (χ0n) is 16.0. The number of carbonyl (C=O) groups is 1. The summed E-state index contributed by atoms with van der Waals surface area (Å²) in [4.78, 5) is 17.3. The van der Waals surface area contributed by atoms with E-state index >= 15 is 0 Å². The third-order valence-electron chi connectivity index (χ3n) is 5.14. The second kappa shape index (κ2) is 9.38. The Hall–Kier alpha value is -1.85. The Morgan fingerprint density at radius 1 is 1.22 bits per heavy atom. The van der Waals surface area contributed by atoms with E-state index in [4.69, 9.17) is 4.74 Å². The normalized spacial score (nSPS) is 16.7. The standard InChI is InChI=1S/C22H27BrN2O2/c1-3-24(2)14-17-12-13-25(15-17)22(26)19-9-5-7-11-21(19)27-16-18-8-4-6-10-20(18)23/h4-11,17H,3,12-16H2,1-2H3. The zero-order valence-corrected chi connectivity index (χ0v) is 17.6. The number of para-hydroxylation sites is 1. The van der Waals surface area contributed by atoms with Crippen molar-refractivity contribution >= 4 is 21.8 Å². The van der Waals surface area contributed by atoms with E-state index in [0.29, 0.717) is 23.8 Å². The number of hydrogen-bond donors (Lipinski definition) is 0. The van der Waals surface area contributed by atoms with E-state index in [-0.39, 0.29) is 5.91 Å². The molecule has 27 heavy (non-hydrogen) atoms. The molecule has 1 amide bonds. The Labute approximate surface area is 170 Å². The highest BCUT2D eigenvalue weighted by Gasteiger charge is 2.28. The molecule has 1 aliphatic heterocycles. The summed E-state index contributed by atoms with van der Waals surface area (Å²) >= 11 is 3.54. The maximum atomic E-state index is 13.1. The van der Waals surface area contributed by atoms with E-state index in [0.717, 1.165) is 42.6 Å². The van der Waals surface area contributed by atoms with Crippen molar-refractivity contribution in [3.05, 3.63) is 64.1 Å². The average Bonchev–Trinajstić information content (AvgIpc) is 3.15. The molecule has 5 heteroatoms. The maximum absolute atomic E-state index is 13.1. The molecular formula is C22H27BrN2O2. The molecule has 3 rings (SSSR count). The second-order valence-corrected chi connectivity index (χ2v) is 7.99. The van der Waals surface area contributed by atoms with E-state index in [1.165, 1.54) is 0 Å². The Kier molecular flexibility index (Phi) is 6.91. The Bertz CT molecular complexity index is 780. The number of rotatable bonds is 7. The highest BCUT2D eigenvalue weighted by molar-refractivity contribution is 9.10. The average molecular weight is 431 g/mol. The van der Waals surface area contributed by atoms with Gasteiger partial charge in [0, 0.05) is 29.7 Å². The number of nitrogens with zero attached hydrogens (tertiary/aromatic N) is 2. The monoisotopic (exact) mass is 430 g/mol. The van der Waals surface area contributed by atoms with Crippen molar-refractivity contribution in [3.8, 4) is 5.75 Å². The van der Waals surface area contributed by atoms with Crippen LogP contribution in [0.1, 0.15) is 29.3 Å². The molecule has 0 radical (unpaired) electrons. The Morgan fingerprint density at radius 2 is 1.96 bits per heavy atom. The highest BCUT2D eigenvalue weighted by Crippen LogP contribution is 2.26. The number of likely N-dealkylation sites (tertiary alicyclic amines) is 1. The van der Waals surface area contributed by atoms with Crippen LogP contribution in [-0.2, 0) is 6.61 Å². The molecule has 0 N–H and O–H groups in total. The van der Waals surface area contributed by atoms with Gasteiger partial charge in [-0.05, 0) is 44.1 Å². The van der Waals surface area contributed by atoms with Gasteiger partial charge in [-0.25, -0.2) is 0 Å². The molecule has 0 aromatic heterocycles. The van der Waals surface area contributed by atoms with Crippen molar-refractivity contribution in [1.29, 1.82) is 0 Å². The molecule has 2 aromatic carbocycles. The first-order valence-corrected chi connectivity index (χ1v) is 10.3. The van der Waals surface area contributed by atoms with Gasteiger partial charge in [0.25, 0.3) is 5.91 Å². The van der Waals surface area contributed by atoms with E-state index in [1.54, 1.807) is 0 Å². The molecule has 1 fully saturated rings. The van der Waals surface area contributed by atoms with Crippen molar-refractivity contribution in [2.45, 2.75) is 20.0 Å². The van der Waals surface area contributed by atoms with Gasteiger partial charge >= 0.3 is 0 Å². The van der Waals surface area contributed by atoms with E-state index in [9.17, 15) is 4.79 Å². The number of ether oxygens (including phenoxy) is 1. The fourth-order valence-electron chi connectivity index (χ4n) is 3.45. The third-order valence-corrected chi connectivity index (χ3v) is 5.91. The molecule has 2 aromatic rings. The fourth-order valence-corrected chi connectivity index (χ4v) is 3.85. The minimum atomic E-state index is 0.0689. The molecule has 0 spiro atoms. The number of hydrogen-bond acceptors (Lipinski definition) is 3. The van der Waals surface area contributed by atoms with Gasteiger partial charge in [-0.1, -0.05) is 53.2 Å². The molecule has 1 atom stereocenters. The Balaban J connectivity index is 1.67. The van der Waals surface area contributed by atoms with E-state index in [2.05, 4.69) is 34.8 Å². The maximum Gasteiger partial charge on any atom is 0.257 e. The summed E-state index contributed by atoms with van der Waals surface area (Å²) in [5, 5.41) is 0. The smallest absolute Gasteiger partial charge is 0.257 e. The van der Waals surface area contributed by atoms with Crippen LogP contribution in [0.5, 0.6) is 5.75 Å². The van der Waals surface area contributed by atoms with Gasteiger partial charge in [0.15, 0.2) is 0 Å². The quantitative estimate of drug-likeness (QED) is 0.650. The van der Waals surface area contributed by atoms with Gasteiger partial charge in [0.1, 0.15) is 12.4 Å². The van der Waals surface area contributed by atoms with Crippen LogP contribution in [0.25, 0.3) is 0 Å². The van der Waals surface area contributed by atoms with Gasteiger partial charge in [0.05, 0.1) is 5.56 Å². The minimum Gasteiger partial charge on any atom is -0.488 e. The third kappa shape index (κ3) is 5.11. The summed E-state index contributed by atoms with van der Waals surface area (Å²) < 4.78 is 7.02. The van der Waals surface area contributed by atoms with Crippen LogP contribution in [0.15, 0.2) is 53.0 Å². The van der Waals surface area contributed by atoms with E-state index in [1.807, 2.05) is 53.4 Å². The molecule has 0 saturated carbocycles. The summed E-state index contributed by atoms with van der Waals surface area (Å²) in [5.74, 6) is 1.26. The molecule has 1 saturated heterocycles. The van der Waals surface area contributed by atoms with Crippen LogP contribution in [-0.4, -0.2) is 48.9 Å². The number of amides is 1. The summed E-state index contributed by atoms with van der Waals surface area (Å²) in [6, 6.07) is 15.5. The van der Waals surface area contributed by atoms with Crippen molar-refractivity contribution in [3.63, 3.8) is 0 Å². The predicted octanol–water partition coefficient (Wildman–Crippen LogP) is 4.44. The summed E-state index contributed by atoms with van der Waals surface area (Å²) in [7, 11) is 2.13. The number of benzene rings is 2. The molecule has 4 nitrogen and oxygen atoms in total. The lowest BCUT2D eigenvalue weighted by Gasteiger charge is -2.21. The van der Waals surface area contributed by atoms with Crippen LogP contribution >= 0.6 is 15.9 Å². The highest BCUT2D eigenvalue weighted by atomic mass is 79.9. The molecule has 1 heterocycles. The van der Waals surface area contributed by atoms with Gasteiger partial charge in [-0.15, -0.1) is 0 Å². The summed E-state index contributed by atoms with van der Waals surface area (Å²) in [6.45, 7) is 6.31. The predicted molar refractivity (Wildman–Crippen MR) is 112 cm³/mol. The topological polar surface area (TPSA) is 32.8 Å². The van der Waals surface area contributed by atoms with E-state index < -0.39 is 0 Å². The van der Waals surface area contributed by atoms with Crippen molar-refractivity contribution < 1.29 is 9.53 Å². The van der Waals surface area contributed by atoms with Crippen LogP contribution in [0.2, 0.25) is 0 Å². The van der Waals surface area contributed by atoms with Crippen LogP contribution in [0.4, 0.5) is 0 Å². The fraction of sp³-hybridized carbons (Fsp3) is 0.409. The lowest BCUT2D eigenvalue weighted by molar-refractivity contribution is 0.0779. The zero-order chi connectivity index (χ0) is 19.2. The molecule has 0 bridgehead atoms. The van der Waals surface area contributed by atoms with Gasteiger partial charge < -0.3 is 14.5 Å². The summed E-state index contributed by atoms with van der Waals surface area (Å²) in [6.07, 6.45) is 1.07. The first-order chi connectivity index (χ1) is 13.1. The van der Waals surface area contributed by atoms with Gasteiger partial charge in [-0.2, -0.15) is 0 Å². The largest absolute Gasteiger partial charge is 0.488 e. The van der Waals surface area contributed by atoms with Crippen molar-refractivity contribution in [1.82, 2.24) is 9.80 Å². The van der Waals surface area contributed by atoms with Gasteiger partial charge in [-0.3, -0.25) is 4.79 Å². The summed E-state index contributed by atoms with van der Waals surface area (Å²) in [5.41, 5.74) is 1.71. The van der Waals surface area contributed by atoms with Crippen molar-refractivity contribution in [2.24, 2.45) is 5.92 Å². The molecule has 1 aliphatic rings. The molecule has 144 valence electrons. The van der Waals surface area contributed by atoms with Crippen LogP contribution < -0.4 is 4.74 Å². The number of carbonyl (C=O) groups excluding carboxylic acids is 1. The lowest BCUT2D eigenvalue weighted by atomic mass is 10.1. The van der Waals surface area contributed by atoms with Gasteiger partial charge in [0.2, 0.25) is 0 Å². The first-order valence-electron chi connectivity index (χ1n) is 9.51. The Morgan fingerprint density at radius 3 is 2.74 bits per heavy atom. The molecule has 0 aliphatic carbocycles. The number of halogens is 1. The molecule has 1 unspecified atom stereocenters. The molecular weight excluding hydrogens is 404 g/mol. The SMILES string of the molecule is CCN(C)CC1CCN(C(=O)c2ccccc2OCc2ccccc2Br)C1. The first kappa shape index (κ1) is 19.9. The minimum absolute atomic E-state index is 0.0689. The van der Waals surface area contributed by atoms with Crippen molar-refractivity contribution in [2.75, 3.05) is 33.2 Å². The second-order valence-electron chi connectivity index (χ2n) is 7.14.